The Hall–Kier alpha value is -2.21. The number of H-pyrrole nitrogens is 2. The summed E-state index contributed by atoms with van der Waals surface area (Å²) in [6.07, 6.45) is -3.91. The molecule has 2 rings (SSSR count). The van der Waals surface area contributed by atoms with E-state index < -0.39 is 48.4 Å². The molecule has 0 spiro atoms. The van der Waals surface area contributed by atoms with Gasteiger partial charge in [-0.25, -0.2) is 9.59 Å². The summed E-state index contributed by atoms with van der Waals surface area (Å²) in [5.41, 5.74) is -2.43. The van der Waals surface area contributed by atoms with Crippen molar-refractivity contribution >= 4 is 11.2 Å². The van der Waals surface area contributed by atoms with Gasteiger partial charge in [0.1, 0.15) is 24.0 Å². The van der Waals surface area contributed by atoms with Crippen molar-refractivity contribution in [3.05, 3.63) is 38.2 Å². The number of hydrogen-bond donors (Lipinski definition) is 6. The Kier molecular flexibility index (Phi) is 5.95. The molecule has 0 aliphatic rings. The molecule has 11 heteroatoms. The molecule has 3 atom stereocenters. The molecule has 0 bridgehead atoms. The minimum absolute atomic E-state index is 0.0672. The third kappa shape index (κ3) is 3.74. The topological polar surface area (TPSA) is 174 Å². The lowest BCUT2D eigenvalue weighted by atomic mass is 10.1. The van der Waals surface area contributed by atoms with Gasteiger partial charge >= 0.3 is 11.4 Å². The molecule has 0 saturated heterocycles. The zero-order valence-corrected chi connectivity index (χ0v) is 13.4. The van der Waals surface area contributed by atoms with Crippen molar-refractivity contribution in [1.29, 1.82) is 0 Å². The second kappa shape index (κ2) is 7.78. The first-order chi connectivity index (χ1) is 11.8. The highest BCUT2D eigenvalue weighted by Crippen LogP contribution is 2.09. The van der Waals surface area contributed by atoms with Crippen LogP contribution in [0.3, 0.4) is 0 Å². The quantitative estimate of drug-likeness (QED) is 0.289. The maximum atomic E-state index is 12.6. The largest absolute Gasteiger partial charge is 0.394 e. The zero-order valence-electron chi connectivity index (χ0n) is 13.4. The molecule has 139 valence electrons. The monoisotopic (exact) mass is 357 g/mol. The normalized spacial score (nSPS) is 15.4. The third-order valence-corrected chi connectivity index (χ3v) is 3.88. The van der Waals surface area contributed by atoms with Gasteiger partial charge in [0.25, 0.3) is 5.56 Å². The summed E-state index contributed by atoms with van der Waals surface area (Å²) in [4.78, 5) is 40.6. The van der Waals surface area contributed by atoms with Crippen LogP contribution in [0, 0.1) is 6.92 Å². The second-order valence-electron chi connectivity index (χ2n) is 5.67. The van der Waals surface area contributed by atoms with Gasteiger partial charge in [0.15, 0.2) is 5.52 Å². The number of rotatable bonds is 8. The van der Waals surface area contributed by atoms with Crippen LogP contribution in [0.2, 0.25) is 0 Å². The molecule has 25 heavy (non-hydrogen) atoms. The van der Waals surface area contributed by atoms with E-state index in [-0.39, 0.29) is 17.7 Å². The van der Waals surface area contributed by atoms with Crippen molar-refractivity contribution in [3.63, 3.8) is 0 Å². The van der Waals surface area contributed by atoms with Crippen LogP contribution in [0.4, 0.5) is 0 Å². The molecule has 0 aliphatic heterocycles. The first kappa shape index (κ1) is 19.1. The Morgan fingerprint density at radius 1 is 1.04 bits per heavy atom. The average molecular weight is 357 g/mol. The van der Waals surface area contributed by atoms with E-state index in [1.165, 1.54) is 0 Å². The number of aliphatic hydroxyl groups is 4. The molecule has 11 nitrogen and oxygen atoms in total. The summed E-state index contributed by atoms with van der Waals surface area (Å²) < 4.78 is 2.09. The number of aromatic amines is 2. The molecule has 2 aromatic heterocycles. The molecule has 0 aliphatic carbocycles. The molecule has 0 aromatic carbocycles. The van der Waals surface area contributed by atoms with E-state index in [2.05, 4.69) is 11.9 Å². The smallest absolute Gasteiger partial charge is 0.330 e. The summed E-state index contributed by atoms with van der Waals surface area (Å²) in [7, 11) is 0. The van der Waals surface area contributed by atoms with E-state index >= 15 is 0 Å². The standard InChI is InChI=1S/C14H21N4O7/c1-2-3-4-17-9-11(15-13(24)16-12(9)23)18(14(17)25)5-7(20)10(22)8(21)6-19/h7-8,10,19-22H,1-6H2,(H2,15,16,23,24)/t7-,8+,10+/m0/s1. The van der Waals surface area contributed by atoms with E-state index in [1.807, 2.05) is 4.98 Å². The van der Waals surface area contributed by atoms with Crippen LogP contribution in [-0.4, -0.2) is 64.4 Å². The summed E-state index contributed by atoms with van der Waals surface area (Å²) in [6, 6.07) is 0. The number of hydrogen-bond acceptors (Lipinski definition) is 7. The van der Waals surface area contributed by atoms with Crippen molar-refractivity contribution in [2.75, 3.05) is 6.61 Å². The van der Waals surface area contributed by atoms with Gasteiger partial charge < -0.3 is 20.4 Å². The average Bonchev–Trinajstić information content (AvgIpc) is 2.83. The SMILES string of the molecule is [CH2]CCCn1c(=O)n(C[C@H](O)[C@@H](O)[C@H](O)CO)c2[nH]c(=O)[nH]c(=O)c21. The maximum absolute atomic E-state index is 12.6. The zero-order chi connectivity index (χ0) is 18.7. The number of aromatic nitrogens is 4. The fourth-order valence-corrected chi connectivity index (χ4v) is 2.56. The molecule has 2 aromatic rings. The van der Waals surface area contributed by atoms with Crippen molar-refractivity contribution in [1.82, 2.24) is 19.1 Å². The van der Waals surface area contributed by atoms with E-state index in [0.717, 1.165) is 9.13 Å². The van der Waals surface area contributed by atoms with Crippen LogP contribution < -0.4 is 16.9 Å². The fourth-order valence-electron chi connectivity index (χ4n) is 2.56. The molecular weight excluding hydrogens is 336 g/mol. The van der Waals surface area contributed by atoms with Crippen LogP contribution in [0.5, 0.6) is 0 Å². The lowest BCUT2D eigenvalue weighted by molar-refractivity contribution is -0.0806. The predicted octanol–water partition coefficient (Wildman–Crippen LogP) is -3.13. The van der Waals surface area contributed by atoms with Gasteiger partial charge in [0, 0.05) is 6.54 Å². The highest BCUT2D eigenvalue weighted by atomic mass is 16.4. The summed E-state index contributed by atoms with van der Waals surface area (Å²) in [6.45, 7) is 2.56. The predicted molar refractivity (Wildman–Crippen MR) is 87.1 cm³/mol. The summed E-state index contributed by atoms with van der Waals surface area (Å²) in [5, 5.41) is 38.0. The summed E-state index contributed by atoms with van der Waals surface area (Å²) >= 11 is 0. The van der Waals surface area contributed by atoms with E-state index in [1.54, 1.807) is 0 Å². The van der Waals surface area contributed by atoms with Crippen LogP contribution in [0.25, 0.3) is 11.2 Å². The summed E-state index contributed by atoms with van der Waals surface area (Å²) in [5.74, 6) is 0. The van der Waals surface area contributed by atoms with Gasteiger partial charge in [-0.15, -0.1) is 0 Å². The van der Waals surface area contributed by atoms with Gasteiger partial charge in [-0.2, -0.15) is 0 Å². The van der Waals surface area contributed by atoms with E-state index in [4.69, 9.17) is 5.11 Å². The van der Waals surface area contributed by atoms with Crippen molar-refractivity contribution in [2.45, 2.75) is 44.2 Å². The Morgan fingerprint density at radius 2 is 1.72 bits per heavy atom. The van der Waals surface area contributed by atoms with Gasteiger partial charge in [-0.05, 0) is 6.42 Å². The van der Waals surface area contributed by atoms with Gasteiger partial charge in [0.2, 0.25) is 0 Å². The molecule has 0 unspecified atom stereocenters. The Morgan fingerprint density at radius 3 is 2.32 bits per heavy atom. The molecular formula is C14H21N4O7. The lowest BCUT2D eigenvalue weighted by Gasteiger charge is -2.21. The number of fused-ring (bicyclic) bond motifs is 1. The second-order valence-corrected chi connectivity index (χ2v) is 5.67. The first-order valence-corrected chi connectivity index (χ1v) is 7.71. The van der Waals surface area contributed by atoms with Crippen molar-refractivity contribution in [3.8, 4) is 0 Å². The minimum atomic E-state index is -1.72. The van der Waals surface area contributed by atoms with Gasteiger partial charge in [-0.1, -0.05) is 13.3 Å². The van der Waals surface area contributed by atoms with Crippen LogP contribution in [0.1, 0.15) is 12.8 Å². The number of nitrogens with zero attached hydrogens (tertiary/aromatic N) is 2. The van der Waals surface area contributed by atoms with Gasteiger partial charge in [-0.3, -0.25) is 23.9 Å². The Bertz CT molecular complexity index is 893. The third-order valence-electron chi connectivity index (χ3n) is 3.88. The maximum Gasteiger partial charge on any atom is 0.330 e. The van der Waals surface area contributed by atoms with E-state index in [9.17, 15) is 29.7 Å². The molecule has 0 fully saturated rings. The Labute approximate surface area is 140 Å². The number of aliphatic hydroxyl groups excluding tert-OH is 4. The fraction of sp³-hybridized carbons (Fsp3) is 0.571. The first-order valence-electron chi connectivity index (χ1n) is 7.71. The molecule has 1 radical (unpaired) electrons. The van der Waals surface area contributed by atoms with E-state index in [0.29, 0.717) is 12.8 Å². The highest BCUT2D eigenvalue weighted by Gasteiger charge is 2.27. The number of imidazole rings is 1. The van der Waals surface area contributed by atoms with Gasteiger partial charge in [0.05, 0.1) is 13.2 Å². The highest BCUT2D eigenvalue weighted by molar-refractivity contribution is 5.69. The number of aryl methyl sites for hydroxylation is 1. The van der Waals surface area contributed by atoms with Crippen molar-refractivity contribution in [2.24, 2.45) is 0 Å². The van der Waals surface area contributed by atoms with Crippen LogP contribution in [-0.2, 0) is 13.1 Å². The molecule has 6 N–H and O–H groups in total. The number of nitrogens with one attached hydrogen (secondary N) is 2. The molecule has 0 saturated carbocycles. The lowest BCUT2D eigenvalue weighted by Crippen LogP contribution is -2.43. The molecule has 2 heterocycles. The number of unbranched alkanes of at least 4 members (excludes halogenated alkanes) is 1. The van der Waals surface area contributed by atoms with Crippen LogP contribution in [0.15, 0.2) is 14.4 Å². The molecule has 0 amide bonds. The van der Waals surface area contributed by atoms with Crippen molar-refractivity contribution < 1.29 is 20.4 Å². The minimum Gasteiger partial charge on any atom is -0.394 e. The Balaban J connectivity index is 2.56. The van der Waals surface area contributed by atoms with Crippen LogP contribution >= 0.6 is 0 Å².